The van der Waals surface area contributed by atoms with Crippen molar-refractivity contribution in [3.05, 3.63) is 218 Å². The molecule has 0 radical (unpaired) electrons. The molecule has 61 heavy (non-hydrogen) atoms. The van der Waals surface area contributed by atoms with Gasteiger partial charge in [-0.3, -0.25) is 0 Å². The van der Waals surface area contributed by atoms with Gasteiger partial charge >= 0.3 is 0 Å². The fourth-order valence-corrected chi connectivity index (χ4v) is 9.36. The Hall–Kier alpha value is -8.14. The van der Waals surface area contributed by atoms with Crippen molar-refractivity contribution < 1.29 is 4.42 Å². The molecule has 0 amide bonds. The predicted octanol–water partition coefficient (Wildman–Crippen LogP) is 15.8. The summed E-state index contributed by atoms with van der Waals surface area (Å²) in [5, 5.41) is 10.8. The van der Waals surface area contributed by atoms with E-state index in [1.807, 2.05) is 36.4 Å². The maximum Gasteiger partial charge on any atom is 0.160 e. The van der Waals surface area contributed by atoms with Gasteiger partial charge in [-0.25, -0.2) is 9.97 Å². The van der Waals surface area contributed by atoms with E-state index in [0.717, 1.165) is 61.1 Å². The molecular weight excluding hydrogens is 741 g/mol. The highest BCUT2D eigenvalue weighted by Crippen LogP contribution is 2.48. The molecule has 2 aromatic heterocycles. The number of rotatable bonds is 6. The van der Waals surface area contributed by atoms with Gasteiger partial charge in [-0.15, -0.1) is 0 Å². The van der Waals surface area contributed by atoms with E-state index in [-0.39, 0.29) is 0 Å². The second-order valence-corrected chi connectivity index (χ2v) is 15.6. The summed E-state index contributed by atoms with van der Waals surface area (Å²) >= 11 is 0. The van der Waals surface area contributed by atoms with Gasteiger partial charge in [0.2, 0.25) is 0 Å². The minimum atomic E-state index is 0.667. The van der Waals surface area contributed by atoms with Crippen molar-refractivity contribution in [1.29, 1.82) is 0 Å². The largest absolute Gasteiger partial charge is 0.456 e. The Bertz CT molecular complexity index is 3610. The Morgan fingerprint density at radius 2 is 0.852 bits per heavy atom. The second kappa shape index (κ2) is 14.3. The quantitative estimate of drug-likeness (QED) is 0.125. The fourth-order valence-electron chi connectivity index (χ4n) is 9.36. The zero-order valence-electron chi connectivity index (χ0n) is 33.1. The first-order valence-corrected chi connectivity index (χ1v) is 20.7. The molecule has 0 saturated heterocycles. The average molecular weight is 777 g/mol. The first-order chi connectivity index (χ1) is 30.3. The van der Waals surface area contributed by atoms with Crippen LogP contribution in [0.3, 0.4) is 0 Å². The number of aromatic nitrogens is 2. The molecule has 0 N–H and O–H groups in total. The van der Waals surface area contributed by atoms with E-state index in [1.54, 1.807) is 0 Å². The van der Waals surface area contributed by atoms with Gasteiger partial charge in [0.25, 0.3) is 0 Å². The van der Waals surface area contributed by atoms with Crippen molar-refractivity contribution in [3.8, 4) is 67.5 Å². The summed E-state index contributed by atoms with van der Waals surface area (Å²) in [7, 11) is 0. The lowest BCUT2D eigenvalue weighted by Gasteiger charge is -2.21. The van der Waals surface area contributed by atoms with Gasteiger partial charge in [0, 0.05) is 27.6 Å². The lowest BCUT2D eigenvalue weighted by Crippen LogP contribution is -1.98. The number of hydrogen-bond acceptors (Lipinski definition) is 3. The molecule has 0 aliphatic heterocycles. The van der Waals surface area contributed by atoms with Gasteiger partial charge in [0.05, 0.1) is 11.4 Å². The van der Waals surface area contributed by atoms with E-state index in [2.05, 4.69) is 182 Å². The van der Waals surface area contributed by atoms with E-state index < -0.39 is 0 Å². The minimum absolute atomic E-state index is 0.667. The molecular formula is C58H36N2O. The van der Waals surface area contributed by atoms with E-state index in [0.29, 0.717) is 5.82 Å². The van der Waals surface area contributed by atoms with Crippen molar-refractivity contribution >= 4 is 54.1 Å². The maximum absolute atomic E-state index is 6.44. The average Bonchev–Trinajstić information content (AvgIpc) is 3.78. The summed E-state index contributed by atoms with van der Waals surface area (Å²) in [6.45, 7) is 0. The molecule has 0 bridgehead atoms. The Labute approximate surface area is 352 Å². The fraction of sp³-hybridized carbons (Fsp3) is 0. The minimum Gasteiger partial charge on any atom is -0.456 e. The third-order valence-corrected chi connectivity index (χ3v) is 12.1. The molecule has 12 aromatic rings. The molecule has 10 aromatic carbocycles. The number of benzene rings is 10. The lowest BCUT2D eigenvalue weighted by atomic mass is 9.82. The first kappa shape index (κ1) is 34.9. The van der Waals surface area contributed by atoms with Crippen LogP contribution in [0.2, 0.25) is 0 Å². The number of hydrogen-bond donors (Lipinski definition) is 0. The number of furan rings is 1. The topological polar surface area (TPSA) is 38.9 Å². The molecule has 0 spiro atoms. The van der Waals surface area contributed by atoms with Crippen LogP contribution in [0.1, 0.15) is 0 Å². The van der Waals surface area contributed by atoms with E-state index in [9.17, 15) is 0 Å². The Kier molecular flexibility index (Phi) is 8.17. The highest BCUT2D eigenvalue weighted by Gasteiger charge is 2.22. The molecule has 12 rings (SSSR count). The molecule has 0 aliphatic carbocycles. The van der Waals surface area contributed by atoms with Gasteiger partial charge in [0.1, 0.15) is 11.3 Å². The normalized spacial score (nSPS) is 11.6. The van der Waals surface area contributed by atoms with Gasteiger partial charge in [-0.1, -0.05) is 200 Å². The Morgan fingerprint density at radius 1 is 0.311 bits per heavy atom. The van der Waals surface area contributed by atoms with Crippen LogP contribution in [-0.2, 0) is 0 Å². The van der Waals surface area contributed by atoms with Crippen LogP contribution >= 0.6 is 0 Å². The lowest BCUT2D eigenvalue weighted by molar-refractivity contribution is 0.632. The van der Waals surface area contributed by atoms with Gasteiger partial charge in [0.15, 0.2) is 5.82 Å². The van der Waals surface area contributed by atoms with Gasteiger partial charge < -0.3 is 4.42 Å². The molecule has 0 fully saturated rings. The molecule has 3 nitrogen and oxygen atoms in total. The molecule has 0 unspecified atom stereocenters. The van der Waals surface area contributed by atoms with Crippen LogP contribution in [-0.4, -0.2) is 9.97 Å². The number of para-hydroxylation sites is 1. The number of nitrogens with zero attached hydrogens (tertiary/aromatic N) is 2. The van der Waals surface area contributed by atoms with Crippen molar-refractivity contribution in [2.45, 2.75) is 0 Å². The third kappa shape index (κ3) is 5.82. The molecule has 0 aliphatic rings. The Balaban J connectivity index is 1.12. The summed E-state index contributed by atoms with van der Waals surface area (Å²) in [4.78, 5) is 10.6. The standard InChI is InChI=1S/C58H36N2O/c1-3-18-38(19-4-1)55-47-28-14-15-29-48(47)57(56-41-23-9-7-17-37(41)31-32-50(55)56)49-34-33-45(42-24-10-11-25-43(42)49)52-36-51(59-58(60-52)39-20-5-2-6-21-39)44-26-12-13-27-46(44)54-35-40-22-8-16-30-53(40)61-54/h1-36H. The summed E-state index contributed by atoms with van der Waals surface area (Å²) in [5.74, 6) is 1.47. The summed E-state index contributed by atoms with van der Waals surface area (Å²) in [5.41, 5.74) is 11.4. The zero-order chi connectivity index (χ0) is 40.3. The van der Waals surface area contributed by atoms with Crippen LogP contribution in [0.5, 0.6) is 0 Å². The molecule has 2 heterocycles. The van der Waals surface area contributed by atoms with Crippen molar-refractivity contribution in [3.63, 3.8) is 0 Å². The van der Waals surface area contributed by atoms with Crippen LogP contribution in [0.4, 0.5) is 0 Å². The van der Waals surface area contributed by atoms with E-state index in [4.69, 9.17) is 14.4 Å². The monoisotopic (exact) mass is 776 g/mol. The molecule has 0 atom stereocenters. The molecule has 3 heteroatoms. The zero-order valence-corrected chi connectivity index (χ0v) is 33.1. The van der Waals surface area contributed by atoms with Crippen LogP contribution < -0.4 is 0 Å². The summed E-state index contributed by atoms with van der Waals surface area (Å²) in [6, 6.07) is 77.5. The highest BCUT2D eigenvalue weighted by atomic mass is 16.3. The van der Waals surface area contributed by atoms with Crippen molar-refractivity contribution in [2.24, 2.45) is 0 Å². The van der Waals surface area contributed by atoms with Gasteiger partial charge in [-0.05, 0) is 83.5 Å². The van der Waals surface area contributed by atoms with Crippen molar-refractivity contribution in [1.82, 2.24) is 9.97 Å². The number of fused-ring (bicyclic) bond motifs is 6. The second-order valence-electron chi connectivity index (χ2n) is 15.6. The third-order valence-electron chi connectivity index (χ3n) is 12.1. The van der Waals surface area contributed by atoms with E-state index in [1.165, 1.54) is 54.6 Å². The maximum atomic E-state index is 6.44. The SMILES string of the molecule is c1ccc(-c2nc(-c3ccccc3-c3cc4ccccc4o3)cc(-c3ccc(-c4c5ccccc5c(-c5ccccc5)c5ccc6ccccc6c45)c4ccccc34)n2)cc1. The molecule has 0 saturated carbocycles. The summed E-state index contributed by atoms with van der Waals surface area (Å²) in [6.07, 6.45) is 0. The first-order valence-electron chi connectivity index (χ1n) is 20.7. The van der Waals surface area contributed by atoms with Crippen LogP contribution in [0.15, 0.2) is 223 Å². The van der Waals surface area contributed by atoms with Crippen molar-refractivity contribution in [2.75, 3.05) is 0 Å². The smallest absolute Gasteiger partial charge is 0.160 e. The van der Waals surface area contributed by atoms with E-state index >= 15 is 0 Å². The highest BCUT2D eigenvalue weighted by molar-refractivity contribution is 6.29. The molecule has 284 valence electrons. The Morgan fingerprint density at radius 3 is 1.59 bits per heavy atom. The van der Waals surface area contributed by atoms with Crippen LogP contribution in [0.25, 0.3) is 122 Å². The van der Waals surface area contributed by atoms with Crippen LogP contribution in [0, 0.1) is 0 Å². The summed E-state index contributed by atoms with van der Waals surface area (Å²) < 4.78 is 6.44. The van der Waals surface area contributed by atoms with Gasteiger partial charge in [-0.2, -0.15) is 0 Å². The predicted molar refractivity (Wildman–Crippen MR) is 254 cm³/mol.